The molecule has 1 aliphatic rings. The molecule has 6 heteroatoms. The fourth-order valence-electron chi connectivity index (χ4n) is 4.88. The van der Waals surface area contributed by atoms with Gasteiger partial charge in [0, 0.05) is 13.0 Å². The molecular weight excluding hydrogens is 442 g/mol. The van der Waals surface area contributed by atoms with E-state index in [2.05, 4.69) is 52.1 Å². The second-order valence-corrected chi connectivity index (χ2v) is 11.0. The van der Waals surface area contributed by atoms with Gasteiger partial charge in [-0.05, 0) is 82.7 Å². The zero-order valence-electron chi connectivity index (χ0n) is 21.1. The minimum absolute atomic E-state index is 0.0616. The van der Waals surface area contributed by atoms with Crippen LogP contribution in [-0.2, 0) is 17.3 Å². The molecule has 1 amide bonds. The van der Waals surface area contributed by atoms with Crippen LogP contribution in [0.15, 0.2) is 46.9 Å². The van der Waals surface area contributed by atoms with Gasteiger partial charge in [0.25, 0.3) is 5.91 Å². The van der Waals surface area contributed by atoms with Gasteiger partial charge in [-0.25, -0.2) is 0 Å². The van der Waals surface area contributed by atoms with E-state index in [4.69, 9.17) is 4.42 Å². The average Bonchev–Trinajstić information content (AvgIpc) is 3.26. The van der Waals surface area contributed by atoms with Crippen molar-refractivity contribution in [3.63, 3.8) is 0 Å². The predicted octanol–water partition coefficient (Wildman–Crippen LogP) is 5.40. The molecule has 0 aliphatic heterocycles. The lowest BCUT2D eigenvalue weighted by molar-refractivity contribution is 0.0887. The Bertz CT molecular complexity index is 1250. The van der Waals surface area contributed by atoms with Crippen LogP contribution < -0.4 is 5.32 Å². The first-order chi connectivity index (χ1) is 16.4. The topological polar surface area (TPSA) is 103 Å². The molecule has 6 nitrogen and oxygen atoms in total. The van der Waals surface area contributed by atoms with Gasteiger partial charge >= 0.3 is 0 Å². The molecule has 1 aromatic heterocycles. The molecule has 0 fully saturated rings. The zero-order chi connectivity index (χ0) is 25.5. The first-order valence-corrected chi connectivity index (χ1v) is 12.1. The molecule has 1 aliphatic carbocycles. The molecule has 35 heavy (non-hydrogen) atoms. The van der Waals surface area contributed by atoms with E-state index in [0.29, 0.717) is 17.7 Å². The number of phenolic OH excluding ortho intramolecular Hbond substituents is 2. The number of benzene rings is 2. The van der Waals surface area contributed by atoms with E-state index in [-0.39, 0.29) is 34.6 Å². The number of rotatable bonds is 6. The molecule has 0 saturated carbocycles. The van der Waals surface area contributed by atoms with Crippen molar-refractivity contribution in [1.82, 2.24) is 5.32 Å². The number of nitrogens with one attached hydrogen (secondary N) is 1. The summed E-state index contributed by atoms with van der Waals surface area (Å²) in [7, 11) is 0. The summed E-state index contributed by atoms with van der Waals surface area (Å²) in [4.78, 5) is 12.6. The summed E-state index contributed by atoms with van der Waals surface area (Å²) in [6.45, 7) is 11.3. The Morgan fingerprint density at radius 3 is 2.29 bits per heavy atom. The van der Waals surface area contributed by atoms with Crippen LogP contribution in [0.2, 0.25) is 0 Å². The molecule has 4 N–H and O–H groups in total. The standard InChI is InChI=1S/C29H35NO5/c1-17-12-21-22(29(4,5)11-10-28(21,2)3)14-19(17)13-20-7-9-26(35-20)27(34)30-16-25(33)18-6-8-23(31)24(32)15-18/h6-9,12,14-15,25,31-33H,10-11,13,16H2,1-5H3,(H,30,34). The summed E-state index contributed by atoms with van der Waals surface area (Å²) >= 11 is 0. The fraction of sp³-hybridized carbons (Fsp3) is 0.414. The number of phenols is 2. The zero-order valence-corrected chi connectivity index (χ0v) is 21.1. The Balaban J connectivity index is 1.45. The largest absolute Gasteiger partial charge is 0.504 e. The number of aliphatic hydroxyl groups excluding tert-OH is 1. The third kappa shape index (κ3) is 5.08. The first kappa shape index (κ1) is 24.9. The number of aryl methyl sites for hydroxylation is 1. The summed E-state index contributed by atoms with van der Waals surface area (Å²) in [6, 6.07) is 12.1. The van der Waals surface area contributed by atoms with Gasteiger partial charge in [0.2, 0.25) is 0 Å². The van der Waals surface area contributed by atoms with Crippen LogP contribution in [0, 0.1) is 6.92 Å². The van der Waals surface area contributed by atoms with Gasteiger partial charge in [0.1, 0.15) is 5.76 Å². The number of hydrogen-bond donors (Lipinski definition) is 4. The Labute approximate surface area is 206 Å². The number of carbonyl (C=O) groups is 1. The summed E-state index contributed by atoms with van der Waals surface area (Å²) in [6.07, 6.45) is 1.88. The SMILES string of the molecule is Cc1cc2c(cc1Cc1ccc(C(=O)NCC(O)c3ccc(O)c(O)c3)o1)C(C)(C)CCC2(C)C. The minimum Gasteiger partial charge on any atom is -0.504 e. The number of carbonyl (C=O) groups excluding carboxylic acids is 1. The number of hydrogen-bond acceptors (Lipinski definition) is 5. The highest BCUT2D eigenvalue weighted by molar-refractivity contribution is 5.91. The van der Waals surface area contributed by atoms with Crippen molar-refractivity contribution in [2.45, 2.75) is 70.8 Å². The van der Waals surface area contributed by atoms with E-state index in [1.807, 2.05) is 6.07 Å². The molecule has 0 radical (unpaired) electrons. The van der Waals surface area contributed by atoms with Gasteiger partial charge in [0.15, 0.2) is 17.3 Å². The van der Waals surface area contributed by atoms with E-state index in [1.54, 1.807) is 6.07 Å². The smallest absolute Gasteiger partial charge is 0.287 e. The summed E-state index contributed by atoms with van der Waals surface area (Å²) in [5.41, 5.74) is 5.90. The molecule has 4 rings (SSSR count). The van der Waals surface area contributed by atoms with E-state index in [1.165, 1.54) is 46.9 Å². The molecule has 186 valence electrons. The van der Waals surface area contributed by atoms with Gasteiger partial charge < -0.3 is 25.1 Å². The molecule has 1 unspecified atom stereocenters. The monoisotopic (exact) mass is 477 g/mol. The molecule has 1 heterocycles. The van der Waals surface area contributed by atoms with Crippen LogP contribution in [0.25, 0.3) is 0 Å². The Morgan fingerprint density at radius 1 is 0.971 bits per heavy atom. The molecule has 1 atom stereocenters. The number of fused-ring (bicyclic) bond motifs is 1. The van der Waals surface area contributed by atoms with Crippen molar-refractivity contribution >= 4 is 5.91 Å². The van der Waals surface area contributed by atoms with E-state index in [0.717, 1.165) is 6.42 Å². The van der Waals surface area contributed by atoms with Gasteiger partial charge in [-0.3, -0.25) is 4.79 Å². The lowest BCUT2D eigenvalue weighted by atomic mass is 9.62. The van der Waals surface area contributed by atoms with Crippen molar-refractivity contribution in [3.05, 3.63) is 81.8 Å². The van der Waals surface area contributed by atoms with E-state index < -0.39 is 12.0 Å². The first-order valence-electron chi connectivity index (χ1n) is 12.1. The highest BCUT2D eigenvalue weighted by Crippen LogP contribution is 2.46. The van der Waals surface area contributed by atoms with Gasteiger partial charge in [-0.15, -0.1) is 0 Å². The number of aliphatic hydroxyl groups is 1. The van der Waals surface area contributed by atoms with Crippen molar-refractivity contribution in [1.29, 1.82) is 0 Å². The Kier molecular flexibility index (Phi) is 6.45. The number of furan rings is 1. The van der Waals surface area contributed by atoms with Crippen LogP contribution in [0.1, 0.15) is 90.8 Å². The third-order valence-corrected chi connectivity index (χ3v) is 7.40. The maximum Gasteiger partial charge on any atom is 0.287 e. The lowest BCUT2D eigenvalue weighted by Gasteiger charge is -2.42. The second kappa shape index (κ2) is 9.08. The van der Waals surface area contributed by atoms with Crippen molar-refractivity contribution in [2.75, 3.05) is 6.54 Å². The minimum atomic E-state index is -1.04. The maximum atomic E-state index is 12.6. The molecular formula is C29H35NO5. The summed E-state index contributed by atoms with van der Waals surface area (Å²) < 4.78 is 5.85. The normalized spacial score (nSPS) is 17.0. The maximum absolute atomic E-state index is 12.6. The summed E-state index contributed by atoms with van der Waals surface area (Å²) in [5.74, 6) is -0.140. The highest BCUT2D eigenvalue weighted by atomic mass is 16.4. The fourth-order valence-corrected chi connectivity index (χ4v) is 4.88. The van der Waals surface area contributed by atoms with Gasteiger partial charge in [-0.2, -0.15) is 0 Å². The number of aromatic hydroxyl groups is 2. The van der Waals surface area contributed by atoms with E-state index in [9.17, 15) is 20.1 Å². The van der Waals surface area contributed by atoms with Gasteiger partial charge in [0.05, 0.1) is 6.10 Å². The van der Waals surface area contributed by atoms with Crippen molar-refractivity contribution in [3.8, 4) is 11.5 Å². The van der Waals surface area contributed by atoms with Gasteiger partial charge in [-0.1, -0.05) is 45.9 Å². The molecule has 0 spiro atoms. The Hall–Kier alpha value is -3.25. The predicted molar refractivity (Wildman–Crippen MR) is 135 cm³/mol. The summed E-state index contributed by atoms with van der Waals surface area (Å²) in [5, 5.41) is 32.0. The van der Waals surface area contributed by atoms with Crippen LogP contribution in [0.5, 0.6) is 11.5 Å². The third-order valence-electron chi connectivity index (χ3n) is 7.40. The second-order valence-electron chi connectivity index (χ2n) is 11.0. The molecule has 0 bridgehead atoms. The molecule has 3 aromatic rings. The average molecular weight is 478 g/mol. The quantitative estimate of drug-likeness (QED) is 0.356. The van der Waals surface area contributed by atoms with Crippen LogP contribution in [-0.4, -0.2) is 27.8 Å². The number of amides is 1. The molecule has 2 aromatic carbocycles. The molecule has 0 saturated heterocycles. The van der Waals surface area contributed by atoms with Crippen molar-refractivity contribution in [2.24, 2.45) is 0 Å². The van der Waals surface area contributed by atoms with Crippen LogP contribution >= 0.6 is 0 Å². The highest BCUT2D eigenvalue weighted by Gasteiger charge is 2.37. The Morgan fingerprint density at radius 2 is 1.63 bits per heavy atom. The van der Waals surface area contributed by atoms with E-state index >= 15 is 0 Å². The van der Waals surface area contributed by atoms with Crippen LogP contribution in [0.3, 0.4) is 0 Å². The van der Waals surface area contributed by atoms with Crippen LogP contribution in [0.4, 0.5) is 0 Å². The lowest BCUT2D eigenvalue weighted by Crippen LogP contribution is -2.34. The van der Waals surface area contributed by atoms with Crippen molar-refractivity contribution < 1.29 is 24.5 Å².